The number of hydrogen-bond acceptors (Lipinski definition) is 6. The minimum atomic E-state index is -4.48. The highest BCUT2D eigenvalue weighted by molar-refractivity contribution is 5.83. The molecule has 38 heavy (non-hydrogen) atoms. The van der Waals surface area contributed by atoms with Gasteiger partial charge in [0.2, 0.25) is 5.91 Å². The van der Waals surface area contributed by atoms with E-state index in [0.717, 1.165) is 39.2 Å². The lowest BCUT2D eigenvalue weighted by Gasteiger charge is -2.35. The van der Waals surface area contributed by atoms with Gasteiger partial charge in [0.15, 0.2) is 0 Å². The number of carbonyl (C=O) groups is 1. The normalized spacial score (nSPS) is 14.5. The summed E-state index contributed by atoms with van der Waals surface area (Å²) in [6.07, 6.45) is -0.453. The number of carbonyl (C=O) groups excluding carboxylic acids is 1. The highest BCUT2D eigenvalue weighted by atomic mass is 19.4. The number of piperazine rings is 1. The van der Waals surface area contributed by atoms with Crippen LogP contribution in [-0.4, -0.2) is 68.0 Å². The molecule has 1 aliphatic rings. The van der Waals surface area contributed by atoms with Crippen LogP contribution < -0.4 is 0 Å². The minimum absolute atomic E-state index is 0.281. The number of H-pyrrole nitrogens is 1. The van der Waals surface area contributed by atoms with Crippen LogP contribution in [0.3, 0.4) is 0 Å². The molecule has 3 aromatic heterocycles. The van der Waals surface area contributed by atoms with E-state index in [1.807, 2.05) is 36.4 Å². The van der Waals surface area contributed by atoms with Gasteiger partial charge in [-0.2, -0.15) is 18.4 Å². The summed E-state index contributed by atoms with van der Waals surface area (Å²) in [5, 5.41) is 9.38. The second-order valence-corrected chi connectivity index (χ2v) is 9.23. The molecule has 0 atom stereocenters. The first-order valence-corrected chi connectivity index (χ1v) is 12.1. The first kappa shape index (κ1) is 25.4. The quantitative estimate of drug-likeness (QED) is 0.412. The van der Waals surface area contributed by atoms with Gasteiger partial charge in [0, 0.05) is 69.0 Å². The Labute approximate surface area is 216 Å². The Morgan fingerprint density at radius 2 is 1.89 bits per heavy atom. The Morgan fingerprint density at radius 3 is 2.66 bits per heavy atom. The second kappa shape index (κ2) is 10.6. The number of rotatable bonds is 6. The molecule has 0 bridgehead atoms. The minimum Gasteiger partial charge on any atom is -0.342 e. The molecule has 4 heterocycles. The van der Waals surface area contributed by atoms with Crippen LogP contribution >= 0.6 is 0 Å². The lowest BCUT2D eigenvalue weighted by Crippen LogP contribution is -2.49. The molecule has 1 N–H and O–H groups in total. The van der Waals surface area contributed by atoms with Crippen LogP contribution in [0.1, 0.15) is 29.1 Å². The topological polar surface area (TPSA) is 102 Å². The molecule has 0 unspecified atom stereocenters. The molecular weight excluding hydrogens is 495 g/mol. The van der Waals surface area contributed by atoms with Crippen LogP contribution in [0.4, 0.5) is 13.2 Å². The summed E-state index contributed by atoms with van der Waals surface area (Å²) in [4.78, 5) is 31.8. The van der Waals surface area contributed by atoms with Crippen LogP contribution in [0.5, 0.6) is 0 Å². The van der Waals surface area contributed by atoms with Crippen molar-refractivity contribution in [3.8, 4) is 17.2 Å². The zero-order valence-corrected chi connectivity index (χ0v) is 20.4. The standard InChI is InChI=1S/C27H24F3N7O/c28-27(29,30)14-26(38)37-9-7-36(8-10-37)17-18-3-6-33-21(11-18)13-25-34-23-2-1-19(12-24(23)35-25)22-4-5-32-16-20(22)15-31/h1-6,11-12,16H,7-10,13-14,17H2,(H,34,35). The van der Waals surface area contributed by atoms with Crippen molar-refractivity contribution in [3.63, 3.8) is 0 Å². The number of benzene rings is 1. The molecule has 0 radical (unpaired) electrons. The zero-order valence-electron chi connectivity index (χ0n) is 20.4. The first-order valence-electron chi connectivity index (χ1n) is 12.1. The summed E-state index contributed by atoms with van der Waals surface area (Å²) in [5.74, 6) is -0.110. The maximum absolute atomic E-state index is 12.5. The van der Waals surface area contributed by atoms with Crippen molar-refractivity contribution < 1.29 is 18.0 Å². The number of amides is 1. The van der Waals surface area contributed by atoms with Gasteiger partial charge in [-0.3, -0.25) is 19.7 Å². The van der Waals surface area contributed by atoms with E-state index in [9.17, 15) is 23.2 Å². The van der Waals surface area contributed by atoms with E-state index >= 15 is 0 Å². The van der Waals surface area contributed by atoms with Crippen molar-refractivity contribution in [3.05, 3.63) is 77.6 Å². The highest BCUT2D eigenvalue weighted by Gasteiger charge is 2.34. The highest BCUT2D eigenvalue weighted by Crippen LogP contribution is 2.26. The largest absolute Gasteiger partial charge is 0.397 e. The van der Waals surface area contributed by atoms with Gasteiger partial charge in [-0.1, -0.05) is 6.07 Å². The van der Waals surface area contributed by atoms with Gasteiger partial charge < -0.3 is 9.88 Å². The van der Waals surface area contributed by atoms with E-state index < -0.39 is 18.5 Å². The molecule has 0 saturated carbocycles. The summed E-state index contributed by atoms with van der Waals surface area (Å²) >= 11 is 0. The molecule has 1 saturated heterocycles. The van der Waals surface area contributed by atoms with Gasteiger partial charge in [0.1, 0.15) is 18.3 Å². The fourth-order valence-corrected chi connectivity index (χ4v) is 4.64. The summed E-state index contributed by atoms with van der Waals surface area (Å²) in [6.45, 7) is 2.20. The maximum atomic E-state index is 12.5. The molecule has 8 nitrogen and oxygen atoms in total. The number of aromatic nitrogens is 4. The number of pyridine rings is 2. The van der Waals surface area contributed by atoms with Gasteiger partial charge in [0.25, 0.3) is 0 Å². The Morgan fingerprint density at radius 1 is 1.08 bits per heavy atom. The number of nitrogens with zero attached hydrogens (tertiary/aromatic N) is 6. The lowest BCUT2D eigenvalue weighted by molar-refractivity contribution is -0.162. The average Bonchev–Trinajstić information content (AvgIpc) is 3.29. The number of nitrogens with one attached hydrogen (secondary N) is 1. The molecule has 1 amide bonds. The van der Waals surface area contributed by atoms with Gasteiger partial charge in [-0.05, 0) is 41.5 Å². The first-order chi connectivity index (χ1) is 18.3. The number of imidazole rings is 1. The van der Waals surface area contributed by atoms with E-state index in [1.54, 1.807) is 18.6 Å². The molecule has 1 aliphatic heterocycles. The Bertz CT molecular complexity index is 1500. The Balaban J connectivity index is 1.23. The fourth-order valence-electron chi connectivity index (χ4n) is 4.64. The Kier molecular flexibility index (Phi) is 7.07. The van der Waals surface area contributed by atoms with Crippen LogP contribution in [0, 0.1) is 11.3 Å². The fraction of sp³-hybridized carbons (Fsp3) is 0.296. The zero-order chi connectivity index (χ0) is 26.7. The third kappa shape index (κ3) is 5.98. The molecule has 11 heteroatoms. The van der Waals surface area contributed by atoms with Crippen molar-refractivity contribution in [1.29, 1.82) is 5.26 Å². The van der Waals surface area contributed by atoms with E-state index in [0.29, 0.717) is 31.6 Å². The monoisotopic (exact) mass is 519 g/mol. The maximum Gasteiger partial charge on any atom is 0.397 e. The van der Waals surface area contributed by atoms with Gasteiger partial charge >= 0.3 is 6.18 Å². The SMILES string of the molecule is N#Cc1cnccc1-c1ccc2nc(Cc3cc(CN4CCN(C(=O)CC(F)(F)F)CC4)ccn3)[nH]c2c1. The predicted octanol–water partition coefficient (Wildman–Crippen LogP) is 4.08. The van der Waals surface area contributed by atoms with Gasteiger partial charge in [-0.15, -0.1) is 0 Å². The molecule has 0 spiro atoms. The number of alkyl halides is 3. The number of aromatic amines is 1. The summed E-state index contributed by atoms with van der Waals surface area (Å²) < 4.78 is 37.5. The van der Waals surface area contributed by atoms with E-state index in [1.165, 1.54) is 4.90 Å². The smallest absolute Gasteiger partial charge is 0.342 e. The summed E-state index contributed by atoms with van der Waals surface area (Å²) in [6, 6.07) is 13.7. The van der Waals surface area contributed by atoms with Crippen molar-refractivity contribution in [2.24, 2.45) is 0 Å². The number of halogens is 3. The van der Waals surface area contributed by atoms with Crippen LogP contribution in [0.2, 0.25) is 0 Å². The number of fused-ring (bicyclic) bond motifs is 1. The second-order valence-electron chi connectivity index (χ2n) is 9.23. The number of hydrogen-bond donors (Lipinski definition) is 1. The van der Waals surface area contributed by atoms with Gasteiger partial charge in [0.05, 0.1) is 16.6 Å². The molecule has 194 valence electrons. The summed E-state index contributed by atoms with van der Waals surface area (Å²) in [7, 11) is 0. The molecule has 0 aliphatic carbocycles. The number of nitriles is 1. The van der Waals surface area contributed by atoms with Crippen molar-refractivity contribution in [2.75, 3.05) is 26.2 Å². The van der Waals surface area contributed by atoms with Gasteiger partial charge in [-0.25, -0.2) is 4.98 Å². The van der Waals surface area contributed by atoms with Crippen LogP contribution in [0.15, 0.2) is 55.0 Å². The Hall–Kier alpha value is -4.30. The van der Waals surface area contributed by atoms with Crippen molar-refractivity contribution in [1.82, 2.24) is 29.7 Å². The lowest BCUT2D eigenvalue weighted by atomic mass is 10.0. The third-order valence-corrected chi connectivity index (χ3v) is 6.50. The summed E-state index contributed by atoms with van der Waals surface area (Å²) in [5.41, 5.74) is 5.74. The van der Waals surface area contributed by atoms with Crippen LogP contribution in [-0.2, 0) is 17.8 Å². The van der Waals surface area contributed by atoms with Crippen LogP contribution in [0.25, 0.3) is 22.2 Å². The molecule has 4 aromatic rings. The predicted molar refractivity (Wildman–Crippen MR) is 134 cm³/mol. The molecule has 1 fully saturated rings. The molecule has 1 aromatic carbocycles. The molecule has 5 rings (SSSR count). The van der Waals surface area contributed by atoms with Crippen molar-refractivity contribution in [2.45, 2.75) is 25.6 Å². The molecular formula is C27H24F3N7O. The van der Waals surface area contributed by atoms with E-state index in [4.69, 9.17) is 0 Å². The van der Waals surface area contributed by atoms with Crippen molar-refractivity contribution >= 4 is 16.9 Å². The third-order valence-electron chi connectivity index (χ3n) is 6.50. The average molecular weight is 520 g/mol. The van der Waals surface area contributed by atoms with E-state index in [2.05, 4.69) is 30.9 Å². The van der Waals surface area contributed by atoms with E-state index in [-0.39, 0.29) is 13.1 Å².